The highest BCUT2D eigenvalue weighted by molar-refractivity contribution is 7.90. The Bertz CT molecular complexity index is 1250. The van der Waals surface area contributed by atoms with Crippen molar-refractivity contribution >= 4 is 33.5 Å². The number of phenolic OH excluding ortho intramolecular Hbond substituents is 1. The first-order valence-electron chi connectivity index (χ1n) is 12.7. The predicted molar refractivity (Wildman–Crippen MR) is 150 cm³/mol. The first kappa shape index (κ1) is 32.2. The number of rotatable bonds is 15. The van der Waals surface area contributed by atoms with Gasteiger partial charge in [0.15, 0.2) is 0 Å². The van der Waals surface area contributed by atoms with Crippen LogP contribution in [0.25, 0.3) is 0 Å². The van der Waals surface area contributed by atoms with Crippen LogP contribution in [-0.4, -0.2) is 80.4 Å². The van der Waals surface area contributed by atoms with E-state index in [1.807, 2.05) is 6.07 Å². The summed E-state index contributed by atoms with van der Waals surface area (Å²) in [6, 6.07) is 12.4. The summed E-state index contributed by atoms with van der Waals surface area (Å²) in [5.74, 6) is -2.28. The molecule has 0 radical (unpaired) electrons. The molecular weight excluding hydrogens is 538 g/mol. The largest absolute Gasteiger partial charge is 0.508 e. The molecule has 0 saturated heterocycles. The maximum Gasteiger partial charge on any atom is 0.242 e. The Morgan fingerprint density at radius 1 is 0.850 bits per heavy atom. The average molecular weight is 576 g/mol. The van der Waals surface area contributed by atoms with Crippen molar-refractivity contribution in [2.24, 2.45) is 5.73 Å². The molecule has 0 spiro atoms. The first-order valence-corrected chi connectivity index (χ1v) is 14.8. The molecule has 4 amide bonds. The number of nitrogens with one attached hydrogen (secondary N) is 4. The van der Waals surface area contributed by atoms with Crippen molar-refractivity contribution in [2.45, 2.75) is 44.3 Å². The first-order chi connectivity index (χ1) is 18.8. The van der Waals surface area contributed by atoms with Crippen molar-refractivity contribution < 1.29 is 32.7 Å². The summed E-state index contributed by atoms with van der Waals surface area (Å²) < 4.78 is 22.6. The quantitative estimate of drug-likeness (QED) is 0.148. The fraction of sp³-hybridized carbons (Fsp3) is 0.407. The normalized spacial score (nSPS) is 13.4. The predicted octanol–water partition coefficient (Wildman–Crippen LogP) is -0.839. The number of benzene rings is 2. The third-order valence-electron chi connectivity index (χ3n) is 5.83. The van der Waals surface area contributed by atoms with Gasteiger partial charge < -0.3 is 32.1 Å². The second-order valence-corrected chi connectivity index (χ2v) is 11.8. The zero-order valence-corrected chi connectivity index (χ0v) is 23.4. The van der Waals surface area contributed by atoms with E-state index in [-0.39, 0.29) is 37.3 Å². The van der Waals surface area contributed by atoms with Gasteiger partial charge in [0.2, 0.25) is 23.6 Å². The molecule has 3 atom stereocenters. The highest BCUT2D eigenvalue weighted by atomic mass is 32.2. The van der Waals surface area contributed by atoms with Gasteiger partial charge in [-0.1, -0.05) is 42.5 Å². The van der Waals surface area contributed by atoms with Gasteiger partial charge in [-0.25, -0.2) is 8.42 Å². The number of sulfone groups is 1. The molecular formula is C27H37N5O7S. The van der Waals surface area contributed by atoms with Crippen LogP contribution in [0.2, 0.25) is 0 Å². The van der Waals surface area contributed by atoms with Crippen LogP contribution in [0.5, 0.6) is 5.75 Å². The third-order valence-corrected chi connectivity index (χ3v) is 6.86. The summed E-state index contributed by atoms with van der Waals surface area (Å²) >= 11 is 0. The lowest BCUT2D eigenvalue weighted by Gasteiger charge is -2.20. The molecule has 0 fully saturated rings. The second-order valence-electron chi connectivity index (χ2n) is 9.51. The van der Waals surface area contributed by atoms with E-state index in [4.69, 9.17) is 5.73 Å². The summed E-state index contributed by atoms with van der Waals surface area (Å²) in [4.78, 5) is 50.2. The minimum Gasteiger partial charge on any atom is -0.508 e. The molecule has 2 aromatic carbocycles. The van der Waals surface area contributed by atoms with Crippen LogP contribution in [0.1, 0.15) is 24.5 Å². The van der Waals surface area contributed by atoms with Crippen molar-refractivity contribution in [1.29, 1.82) is 0 Å². The van der Waals surface area contributed by atoms with E-state index in [2.05, 4.69) is 21.3 Å². The van der Waals surface area contributed by atoms with Crippen molar-refractivity contribution in [3.8, 4) is 5.75 Å². The van der Waals surface area contributed by atoms with Crippen molar-refractivity contribution in [3.05, 3.63) is 65.7 Å². The monoisotopic (exact) mass is 575 g/mol. The van der Waals surface area contributed by atoms with Gasteiger partial charge in [-0.3, -0.25) is 19.2 Å². The molecule has 12 nitrogen and oxygen atoms in total. The maximum atomic E-state index is 12.8. The highest BCUT2D eigenvalue weighted by Crippen LogP contribution is 2.11. The van der Waals surface area contributed by atoms with Crippen molar-refractivity contribution in [3.63, 3.8) is 0 Å². The summed E-state index contributed by atoms with van der Waals surface area (Å²) in [6.45, 7) is 1.13. The number of phenols is 1. The fourth-order valence-electron chi connectivity index (χ4n) is 3.66. The molecule has 0 aromatic heterocycles. The van der Waals surface area contributed by atoms with Crippen LogP contribution in [0, 0.1) is 0 Å². The second kappa shape index (κ2) is 15.6. The lowest BCUT2D eigenvalue weighted by Crippen LogP contribution is -2.53. The van der Waals surface area contributed by atoms with E-state index in [0.717, 1.165) is 17.4 Å². The van der Waals surface area contributed by atoms with Crippen LogP contribution in [0.4, 0.5) is 0 Å². The third kappa shape index (κ3) is 12.3. The van der Waals surface area contributed by atoms with E-state index in [9.17, 15) is 32.7 Å². The molecule has 2 aromatic rings. The molecule has 0 bridgehead atoms. The minimum absolute atomic E-state index is 0.0779. The van der Waals surface area contributed by atoms with Gasteiger partial charge in [-0.15, -0.1) is 0 Å². The molecule has 0 unspecified atom stereocenters. The van der Waals surface area contributed by atoms with Crippen LogP contribution in [0.3, 0.4) is 0 Å². The average Bonchev–Trinajstić information content (AvgIpc) is 2.90. The number of amides is 4. The summed E-state index contributed by atoms with van der Waals surface area (Å²) in [6.07, 6.45) is 1.72. The van der Waals surface area contributed by atoms with Crippen molar-refractivity contribution in [2.75, 3.05) is 25.1 Å². The number of nitrogens with two attached hydrogens (primary N) is 1. The number of carbonyl (C=O) groups excluding carboxylic acids is 4. The van der Waals surface area contributed by atoms with Crippen LogP contribution < -0.4 is 27.0 Å². The smallest absolute Gasteiger partial charge is 0.242 e. The van der Waals surface area contributed by atoms with E-state index in [1.165, 1.54) is 19.1 Å². The van der Waals surface area contributed by atoms with Gasteiger partial charge in [-0.2, -0.15) is 0 Å². The standard InChI is InChI=1S/C27H37N5O7S/c1-18(31-26(36)22(28)15-20-9-11-21(33)12-10-20)25(35)30-17-24(34)32-23(16-19-7-4-3-5-8-19)27(37)29-13-6-14-40(2,38)39/h3-5,7-12,18,22-23,33H,6,13-17,28H2,1-2H3,(H,29,37)(H,30,35)(H,31,36)(H,32,34)/t18-,22+,23+/m1/s1. The van der Waals surface area contributed by atoms with Crippen molar-refractivity contribution in [1.82, 2.24) is 21.3 Å². The van der Waals surface area contributed by atoms with Crippen LogP contribution in [-0.2, 0) is 41.9 Å². The minimum atomic E-state index is -3.16. The molecule has 0 aliphatic heterocycles. The van der Waals surface area contributed by atoms with E-state index in [1.54, 1.807) is 36.4 Å². The Morgan fingerprint density at radius 2 is 1.48 bits per heavy atom. The van der Waals surface area contributed by atoms with Crippen LogP contribution >= 0.6 is 0 Å². The molecule has 2 rings (SSSR count). The molecule has 0 saturated carbocycles. The SMILES string of the molecule is C[C@@H](NC(=O)[C@@H](N)Cc1ccc(O)cc1)C(=O)NCC(=O)N[C@@H](Cc1ccccc1)C(=O)NCCCS(C)(=O)=O. The highest BCUT2D eigenvalue weighted by Gasteiger charge is 2.23. The molecule has 13 heteroatoms. The number of aromatic hydroxyl groups is 1. The van der Waals surface area contributed by atoms with Gasteiger partial charge in [0.25, 0.3) is 0 Å². The summed E-state index contributed by atoms with van der Waals surface area (Å²) in [5.41, 5.74) is 7.46. The molecule has 218 valence electrons. The van der Waals surface area contributed by atoms with Gasteiger partial charge in [0.1, 0.15) is 27.7 Å². The molecule has 0 aliphatic rings. The molecule has 40 heavy (non-hydrogen) atoms. The van der Waals surface area contributed by atoms with Gasteiger partial charge in [0, 0.05) is 19.2 Å². The Balaban J connectivity index is 1.86. The van der Waals surface area contributed by atoms with E-state index < -0.39 is 58.1 Å². The number of hydrogen-bond acceptors (Lipinski definition) is 8. The molecule has 7 N–H and O–H groups in total. The lowest BCUT2D eigenvalue weighted by molar-refractivity contribution is -0.131. The molecule has 0 aliphatic carbocycles. The Labute approximate surface area is 234 Å². The van der Waals surface area contributed by atoms with Gasteiger partial charge in [0.05, 0.1) is 18.3 Å². The summed E-state index contributed by atoms with van der Waals surface area (Å²) in [7, 11) is -3.16. The van der Waals surface area contributed by atoms with Crippen LogP contribution in [0.15, 0.2) is 54.6 Å². The van der Waals surface area contributed by atoms with E-state index in [0.29, 0.717) is 0 Å². The lowest BCUT2D eigenvalue weighted by atomic mass is 10.1. The molecule has 0 heterocycles. The zero-order chi connectivity index (χ0) is 29.7. The van der Waals surface area contributed by atoms with Gasteiger partial charge >= 0.3 is 0 Å². The Kier molecular flexibility index (Phi) is 12.6. The van der Waals surface area contributed by atoms with E-state index >= 15 is 0 Å². The summed E-state index contributed by atoms with van der Waals surface area (Å²) in [5, 5.41) is 19.5. The maximum absolute atomic E-state index is 12.8. The number of hydrogen-bond donors (Lipinski definition) is 6. The zero-order valence-electron chi connectivity index (χ0n) is 22.6. The Hall–Kier alpha value is -3.97. The Morgan fingerprint density at radius 3 is 2.10 bits per heavy atom. The van der Waals surface area contributed by atoms with Gasteiger partial charge in [-0.05, 0) is 43.0 Å². The fourth-order valence-corrected chi connectivity index (χ4v) is 4.33. The number of carbonyl (C=O) groups is 4. The topological polar surface area (TPSA) is 197 Å².